The molecule has 1 saturated carbocycles. The second-order valence-electron chi connectivity index (χ2n) is 17.1. The van der Waals surface area contributed by atoms with E-state index in [1.54, 1.807) is 32.9 Å². The van der Waals surface area contributed by atoms with Crippen LogP contribution in [0.5, 0.6) is 0 Å². The molecule has 8 atom stereocenters. The smallest absolute Gasteiger partial charge is 0.327 e. The molecule has 58 heavy (non-hydrogen) atoms. The summed E-state index contributed by atoms with van der Waals surface area (Å²) in [5.74, 6) is -3.05. The van der Waals surface area contributed by atoms with Gasteiger partial charge in [0.05, 0.1) is 19.2 Å². The van der Waals surface area contributed by atoms with E-state index in [0.29, 0.717) is 12.8 Å². The Morgan fingerprint density at radius 1 is 0.983 bits per heavy atom. The normalized spacial score (nSPS) is 27.6. The van der Waals surface area contributed by atoms with E-state index in [4.69, 9.17) is 23.8 Å². The van der Waals surface area contributed by atoms with Gasteiger partial charge in [-0.1, -0.05) is 72.8 Å². The second kappa shape index (κ2) is 15.9. The summed E-state index contributed by atoms with van der Waals surface area (Å²) in [6.07, 6.45) is -1.88. The van der Waals surface area contributed by atoms with Gasteiger partial charge in [-0.15, -0.1) is 0 Å². The fourth-order valence-electron chi connectivity index (χ4n) is 9.44. The lowest BCUT2D eigenvalue weighted by Gasteiger charge is -2.50. The minimum atomic E-state index is -1.52. The second-order valence-corrected chi connectivity index (χ2v) is 18.3. The van der Waals surface area contributed by atoms with Crippen LogP contribution >= 0.6 is 22.6 Å². The summed E-state index contributed by atoms with van der Waals surface area (Å²) in [5, 5.41) is 14.8. The zero-order chi connectivity index (χ0) is 41.0. The average molecular weight is 908 g/mol. The quantitative estimate of drug-likeness (QED) is 0.200. The number of likely N-dealkylation sites (N-methyl/N-ethyl adjacent to an activating group) is 1. The molecule has 3 aromatic rings. The first-order chi connectivity index (χ1) is 27.7. The van der Waals surface area contributed by atoms with Crippen LogP contribution in [-0.2, 0) is 68.8 Å². The Morgan fingerprint density at radius 3 is 2.31 bits per heavy atom. The number of fused-ring (bicyclic) bond motifs is 5. The zero-order valence-corrected chi connectivity index (χ0v) is 35.3. The van der Waals surface area contributed by atoms with E-state index in [1.807, 2.05) is 66.7 Å². The van der Waals surface area contributed by atoms with Crippen LogP contribution in [-0.4, -0.2) is 106 Å². The number of benzene rings is 3. The van der Waals surface area contributed by atoms with Crippen molar-refractivity contribution in [3.8, 4) is 0 Å². The van der Waals surface area contributed by atoms with E-state index in [0.717, 1.165) is 25.8 Å². The Bertz CT molecular complexity index is 2030. The number of hydroxylamine groups is 2. The number of aliphatic hydroxyl groups excluding tert-OH is 1. The van der Waals surface area contributed by atoms with Gasteiger partial charge in [-0.25, -0.2) is 0 Å². The van der Waals surface area contributed by atoms with E-state index in [1.165, 1.54) is 4.90 Å². The lowest BCUT2D eigenvalue weighted by atomic mass is 9.62. The molecule has 4 fully saturated rings. The van der Waals surface area contributed by atoms with E-state index < -0.39 is 89.7 Å². The SMILES string of the molecule is CN(C(=O)C12CC3OC(=O)C1N(Cc1ccccc1I)OC2C1OC2(Cc4ccccc4C2)OC31)C(Cc1ccccc1)C(=O)NC(CO)CCC(=O)OC(C)(C)C. The molecule has 0 radical (unpaired) electrons. The summed E-state index contributed by atoms with van der Waals surface area (Å²) in [7, 11) is 1.57. The molecule has 2 N–H and O–H groups in total. The van der Waals surface area contributed by atoms with Gasteiger partial charge in [0.15, 0.2) is 11.8 Å². The molecular formula is C44H50IN3O10. The monoisotopic (exact) mass is 907 g/mol. The Morgan fingerprint density at radius 2 is 1.64 bits per heavy atom. The molecule has 8 unspecified atom stereocenters. The molecule has 8 rings (SSSR count). The van der Waals surface area contributed by atoms with Crippen molar-refractivity contribution in [2.45, 2.75) is 120 Å². The van der Waals surface area contributed by atoms with Crippen molar-refractivity contribution in [3.63, 3.8) is 0 Å². The third-order valence-corrected chi connectivity index (χ3v) is 13.1. The molecule has 3 heterocycles. The number of nitrogens with zero attached hydrogens (tertiary/aromatic N) is 2. The number of aliphatic hydroxyl groups is 1. The van der Waals surface area contributed by atoms with Gasteiger partial charge in [-0.05, 0) is 78.1 Å². The van der Waals surface area contributed by atoms with Crippen LogP contribution in [0.1, 0.15) is 62.3 Å². The summed E-state index contributed by atoms with van der Waals surface area (Å²) >= 11 is 2.24. The van der Waals surface area contributed by atoms with E-state index >= 15 is 4.79 Å². The number of amides is 2. The Labute approximate surface area is 351 Å². The van der Waals surface area contributed by atoms with Crippen molar-refractivity contribution in [2.24, 2.45) is 5.41 Å². The number of hydrogen-bond acceptors (Lipinski definition) is 11. The van der Waals surface area contributed by atoms with Crippen molar-refractivity contribution in [2.75, 3.05) is 13.7 Å². The van der Waals surface area contributed by atoms with Gasteiger partial charge in [0.1, 0.15) is 41.5 Å². The fourth-order valence-corrected chi connectivity index (χ4v) is 10.00. The van der Waals surface area contributed by atoms with Crippen LogP contribution < -0.4 is 5.32 Å². The van der Waals surface area contributed by atoms with Crippen LogP contribution in [0, 0.1) is 8.99 Å². The number of rotatable bonds is 12. The minimum absolute atomic E-state index is 0.0262. The lowest BCUT2D eigenvalue weighted by Crippen LogP contribution is -2.70. The molecule has 0 aromatic heterocycles. The maximum atomic E-state index is 15.6. The first-order valence-corrected chi connectivity index (χ1v) is 21.0. The summed E-state index contributed by atoms with van der Waals surface area (Å²) in [6.45, 7) is 5.08. The Hall–Kier alpha value is -3.93. The molecule has 2 bridgehead atoms. The van der Waals surface area contributed by atoms with Gasteiger partial charge in [0.25, 0.3) is 0 Å². The summed E-state index contributed by atoms with van der Waals surface area (Å²) in [6, 6.07) is 22.2. The van der Waals surface area contributed by atoms with Crippen LogP contribution in [0.2, 0.25) is 0 Å². The highest BCUT2D eigenvalue weighted by atomic mass is 127. The Balaban J connectivity index is 1.13. The third kappa shape index (κ3) is 7.67. The van der Waals surface area contributed by atoms with E-state index in [-0.39, 0.29) is 32.2 Å². The first kappa shape index (κ1) is 40.8. The van der Waals surface area contributed by atoms with Gasteiger partial charge in [-0.3, -0.25) is 24.0 Å². The number of ether oxygens (including phenoxy) is 4. The number of carbonyl (C=O) groups excluding carboxylic acids is 4. The van der Waals surface area contributed by atoms with Gasteiger partial charge < -0.3 is 34.3 Å². The molecule has 3 aromatic carbocycles. The molecule has 14 heteroatoms. The molecule has 13 nitrogen and oxygen atoms in total. The molecule has 2 amide bonds. The number of carbonyl (C=O) groups is 4. The first-order valence-electron chi connectivity index (χ1n) is 19.9. The highest BCUT2D eigenvalue weighted by Gasteiger charge is 2.77. The van der Waals surface area contributed by atoms with Gasteiger partial charge in [0, 0.05) is 42.7 Å². The Kier molecular flexibility index (Phi) is 11.2. The zero-order valence-electron chi connectivity index (χ0n) is 33.1. The molecular weight excluding hydrogens is 857 g/mol. The van der Waals surface area contributed by atoms with Gasteiger partial charge in [0.2, 0.25) is 11.8 Å². The largest absolute Gasteiger partial charge is 0.460 e. The summed E-state index contributed by atoms with van der Waals surface area (Å²) in [4.78, 5) is 65.2. The lowest BCUT2D eigenvalue weighted by molar-refractivity contribution is -0.218. The van der Waals surface area contributed by atoms with Crippen molar-refractivity contribution in [3.05, 3.63) is 105 Å². The fraction of sp³-hybridized carbons (Fsp3) is 0.500. The van der Waals surface area contributed by atoms with Crippen molar-refractivity contribution in [1.82, 2.24) is 15.3 Å². The topological polar surface area (TPSA) is 153 Å². The standard InChI is InChI=1S/C44H50IN3O10/c1-42(2,3)55-34(50)19-18-30(25-49)46-39(51)32(20-26-12-6-5-7-13-26)47(4)41(53)44-23-33-35-36(57-43(56-35)21-27-14-8-9-15-28(27)22-43)38(44)58-48(37(44)40(52)54-33)24-29-16-10-11-17-31(29)45/h5-17,30,32-33,35-38,49H,18-25H2,1-4H3,(H,46,51). The highest BCUT2D eigenvalue weighted by Crippen LogP contribution is 2.59. The van der Waals surface area contributed by atoms with Crippen molar-refractivity contribution in [1.29, 1.82) is 0 Å². The van der Waals surface area contributed by atoms with Gasteiger partial charge in [-0.2, -0.15) is 5.06 Å². The average Bonchev–Trinajstić information content (AvgIpc) is 3.86. The number of esters is 2. The maximum Gasteiger partial charge on any atom is 0.327 e. The minimum Gasteiger partial charge on any atom is -0.460 e. The summed E-state index contributed by atoms with van der Waals surface area (Å²) < 4.78 is 26.3. The highest BCUT2D eigenvalue weighted by molar-refractivity contribution is 14.1. The van der Waals surface area contributed by atoms with E-state index in [9.17, 15) is 19.5 Å². The molecule has 3 saturated heterocycles. The van der Waals surface area contributed by atoms with E-state index in [2.05, 4.69) is 40.0 Å². The van der Waals surface area contributed by atoms with Crippen LogP contribution in [0.25, 0.3) is 0 Å². The van der Waals surface area contributed by atoms with Crippen molar-refractivity contribution < 1.29 is 48.1 Å². The van der Waals surface area contributed by atoms with Crippen LogP contribution in [0.3, 0.4) is 0 Å². The number of hydrogen-bond donors (Lipinski definition) is 2. The molecule has 1 spiro atoms. The summed E-state index contributed by atoms with van der Waals surface area (Å²) in [5.41, 5.74) is 1.72. The number of nitrogens with one attached hydrogen (secondary N) is 1. The van der Waals surface area contributed by atoms with Gasteiger partial charge >= 0.3 is 11.9 Å². The van der Waals surface area contributed by atoms with Crippen LogP contribution in [0.4, 0.5) is 0 Å². The maximum absolute atomic E-state index is 15.6. The van der Waals surface area contributed by atoms with Crippen LogP contribution in [0.15, 0.2) is 78.9 Å². The predicted molar refractivity (Wildman–Crippen MR) is 217 cm³/mol. The van der Waals surface area contributed by atoms with Crippen molar-refractivity contribution >= 4 is 46.3 Å². The molecule has 2 aliphatic carbocycles. The molecule has 3 aliphatic heterocycles. The third-order valence-electron chi connectivity index (χ3n) is 12.0. The number of halogens is 1. The molecule has 308 valence electrons. The predicted octanol–water partition coefficient (Wildman–Crippen LogP) is 4.04. The molecule has 5 aliphatic rings.